The summed E-state index contributed by atoms with van der Waals surface area (Å²) >= 11 is 0. The monoisotopic (exact) mass is 1390 g/mol. The summed E-state index contributed by atoms with van der Waals surface area (Å²) in [6.45, 7) is 14.2. The highest BCUT2D eigenvalue weighted by molar-refractivity contribution is 6.02. The lowest BCUT2D eigenvalue weighted by Gasteiger charge is -2.41. The minimum Gasteiger partial charge on any atom is -0.374 e. The Morgan fingerprint density at radius 1 is 0.490 bits per heavy atom. The molecule has 13 rings (SSSR count). The van der Waals surface area contributed by atoms with Crippen LogP contribution in [0.5, 0.6) is 0 Å². The second kappa shape index (κ2) is 31.4. The van der Waals surface area contributed by atoms with Gasteiger partial charge in [-0.25, -0.2) is 4.39 Å². The number of carbonyl (C=O) groups is 7. The van der Waals surface area contributed by atoms with E-state index in [2.05, 4.69) is 45.2 Å². The summed E-state index contributed by atoms with van der Waals surface area (Å²) in [5, 5.41) is 9.59. The van der Waals surface area contributed by atoms with Crippen LogP contribution in [-0.4, -0.2) is 148 Å². The standard InChI is InChI=1S/C28H33FN4O2.C27H33N3O4.C27H35N3O3/c1-27(2,30)26(35)32-24(15-19-17-31-23-6-4-3-5-21(19)23)25(34)33-13-11-28(12-14-33)10-9-18-7-8-20(29)16-22(18)28;1-26(2,28)25(33)29-22(18-34-17-19-8-4-3-5-9-19)24(32)30-14-12-27(13-15-30)16-23(31)20-10-6-7-11-21(20)27;1-26(2,28)25(32)29-23(19-33-18-20-8-4-3-5-9-20)24(31)30-16-14-27(15-17-30)13-12-21-10-6-7-11-22(21)27/h3-8,16-17,24,31H,9-15,30H2,1-2H3,(H,32,35);3-11,22H,12-18,28H2,1-2H3,(H,29,33);3-11,23H,12-19,28H2,1-2H3,(H,29,32)/t24-;22-;23-/m111/s1. The van der Waals surface area contributed by atoms with Gasteiger partial charge in [0.1, 0.15) is 23.9 Å². The van der Waals surface area contributed by atoms with Crippen LogP contribution in [0.15, 0.2) is 158 Å². The predicted octanol–water partition coefficient (Wildman–Crippen LogP) is 9.08. The molecule has 7 aromatic rings. The van der Waals surface area contributed by atoms with Gasteiger partial charge in [0.05, 0.1) is 43.0 Å². The molecule has 6 aliphatic rings. The number of H-pyrrole nitrogens is 1. The zero-order valence-corrected chi connectivity index (χ0v) is 59.9. The smallest absolute Gasteiger partial charge is 0.247 e. The third-order valence-corrected chi connectivity index (χ3v) is 21.8. The van der Waals surface area contributed by atoms with Crippen molar-refractivity contribution in [3.63, 3.8) is 0 Å². The third-order valence-electron chi connectivity index (χ3n) is 21.8. The van der Waals surface area contributed by atoms with Gasteiger partial charge in [-0.2, -0.15) is 0 Å². The van der Waals surface area contributed by atoms with E-state index in [1.165, 1.54) is 22.8 Å². The number of amides is 6. The molecule has 3 fully saturated rings. The van der Waals surface area contributed by atoms with E-state index in [1.54, 1.807) is 52.5 Å². The number of nitrogens with one attached hydrogen (secondary N) is 4. The first-order valence-corrected chi connectivity index (χ1v) is 36.1. The highest BCUT2D eigenvalue weighted by Crippen LogP contribution is 2.49. The summed E-state index contributed by atoms with van der Waals surface area (Å²) in [5.74, 6) is -1.51. The number of Topliss-reactive ketones (excluding diaryl/α,β-unsaturated/α-hetero) is 1. The van der Waals surface area contributed by atoms with E-state index in [9.17, 15) is 38.0 Å². The molecule has 0 unspecified atom stereocenters. The number of para-hydroxylation sites is 1. The van der Waals surface area contributed by atoms with Crippen molar-refractivity contribution in [2.24, 2.45) is 17.2 Å². The number of hydrogen-bond acceptors (Lipinski definition) is 12. The number of halogens is 1. The number of benzene rings is 6. The number of nitrogens with zero attached hydrogens (tertiary/aromatic N) is 3. The molecule has 3 spiro atoms. The van der Waals surface area contributed by atoms with Crippen molar-refractivity contribution in [3.05, 3.63) is 214 Å². The molecule has 6 amide bonds. The van der Waals surface area contributed by atoms with E-state index in [0.717, 1.165) is 108 Å². The Bertz CT molecular complexity index is 4130. The minimum atomic E-state index is -1.11. The van der Waals surface area contributed by atoms with Gasteiger partial charge in [-0.15, -0.1) is 0 Å². The fourth-order valence-electron chi connectivity index (χ4n) is 15.7. The first kappa shape index (κ1) is 74.3. The summed E-state index contributed by atoms with van der Waals surface area (Å²) in [5.41, 5.74) is 25.7. The first-order chi connectivity index (χ1) is 48.6. The number of likely N-dealkylation sites (tertiary alicyclic amines) is 3. The number of aryl methyl sites for hydroxylation is 2. The van der Waals surface area contributed by atoms with Crippen molar-refractivity contribution >= 4 is 52.1 Å². The number of ketones is 1. The van der Waals surface area contributed by atoms with Gasteiger partial charge in [0.2, 0.25) is 35.4 Å². The number of fused-ring (bicyclic) bond motifs is 7. The van der Waals surface area contributed by atoms with Gasteiger partial charge in [-0.3, -0.25) is 33.6 Å². The molecule has 0 bridgehead atoms. The fourth-order valence-corrected chi connectivity index (χ4v) is 15.7. The maximum atomic E-state index is 14.0. The highest BCUT2D eigenvalue weighted by atomic mass is 19.1. The van der Waals surface area contributed by atoms with Gasteiger partial charge in [0.25, 0.3) is 0 Å². The molecule has 19 nitrogen and oxygen atoms in total. The number of carbonyl (C=O) groups excluding carboxylic acids is 7. The summed E-state index contributed by atoms with van der Waals surface area (Å²) in [6, 6.07) is 46.7. The molecule has 3 saturated heterocycles. The fraction of sp³-hybridized carbons (Fsp3) is 0.451. The van der Waals surface area contributed by atoms with E-state index in [-0.39, 0.29) is 70.6 Å². The van der Waals surface area contributed by atoms with Gasteiger partial charge in [0.15, 0.2) is 5.78 Å². The van der Waals surface area contributed by atoms with E-state index < -0.39 is 40.6 Å². The largest absolute Gasteiger partial charge is 0.374 e. The molecule has 1 aromatic heterocycles. The van der Waals surface area contributed by atoms with Crippen LogP contribution in [0.1, 0.15) is 154 Å². The molecule has 4 heterocycles. The molecule has 6 aromatic carbocycles. The number of ether oxygens (including phenoxy) is 2. The number of aromatic amines is 1. The van der Waals surface area contributed by atoms with Crippen molar-refractivity contribution in [2.45, 2.75) is 183 Å². The molecule has 0 saturated carbocycles. The summed E-state index contributed by atoms with van der Waals surface area (Å²) in [6.07, 6.45) is 11.9. The van der Waals surface area contributed by atoms with Gasteiger partial charge in [-0.05, 0) is 179 Å². The summed E-state index contributed by atoms with van der Waals surface area (Å²) < 4.78 is 25.7. The van der Waals surface area contributed by atoms with E-state index in [1.807, 2.05) is 131 Å². The second-order valence-corrected chi connectivity index (χ2v) is 30.7. The van der Waals surface area contributed by atoms with Crippen LogP contribution in [0.2, 0.25) is 0 Å². The van der Waals surface area contributed by atoms with E-state index in [0.29, 0.717) is 65.3 Å². The van der Waals surface area contributed by atoms with Gasteiger partial charge < -0.3 is 62.3 Å². The average molecular weight is 1390 g/mol. The number of hydrogen-bond donors (Lipinski definition) is 7. The molecule has 3 aliphatic heterocycles. The van der Waals surface area contributed by atoms with Crippen LogP contribution in [0.4, 0.5) is 4.39 Å². The van der Waals surface area contributed by atoms with E-state index >= 15 is 0 Å². The Labute approximate surface area is 598 Å². The number of rotatable bonds is 19. The Morgan fingerprint density at radius 2 is 0.902 bits per heavy atom. The van der Waals surface area contributed by atoms with Crippen molar-refractivity contribution in [1.82, 2.24) is 35.6 Å². The Balaban J connectivity index is 0.000000154. The van der Waals surface area contributed by atoms with Crippen LogP contribution < -0.4 is 33.2 Å². The van der Waals surface area contributed by atoms with Crippen molar-refractivity contribution in [3.8, 4) is 0 Å². The van der Waals surface area contributed by atoms with Gasteiger partial charge >= 0.3 is 0 Å². The van der Waals surface area contributed by atoms with Crippen LogP contribution in [0, 0.1) is 5.82 Å². The van der Waals surface area contributed by atoms with Crippen molar-refractivity contribution in [2.75, 3.05) is 52.5 Å². The average Bonchev–Trinajstić information content (AvgIpc) is 1.60. The van der Waals surface area contributed by atoms with Crippen LogP contribution in [-0.2, 0) is 87.0 Å². The van der Waals surface area contributed by atoms with Crippen LogP contribution in [0.25, 0.3) is 10.9 Å². The highest BCUT2D eigenvalue weighted by Gasteiger charge is 2.48. The summed E-state index contributed by atoms with van der Waals surface area (Å²) in [4.78, 5) is 99.8. The lowest BCUT2D eigenvalue weighted by Crippen LogP contribution is -2.59. The topological polar surface area (TPSA) is 278 Å². The zero-order chi connectivity index (χ0) is 72.6. The molecule has 0 radical (unpaired) electrons. The Morgan fingerprint density at radius 3 is 1.41 bits per heavy atom. The lowest BCUT2D eigenvalue weighted by atomic mass is 9.73. The normalized spacial score (nSPS) is 18.0. The summed E-state index contributed by atoms with van der Waals surface area (Å²) in [7, 11) is 0. The minimum absolute atomic E-state index is 0.0541. The molecule has 10 N–H and O–H groups in total. The molecule has 3 atom stereocenters. The molecule has 20 heteroatoms. The second-order valence-electron chi connectivity index (χ2n) is 30.7. The number of aromatic nitrogens is 1. The lowest BCUT2D eigenvalue weighted by molar-refractivity contribution is -0.140. The quantitative estimate of drug-likeness (QED) is 0.0399. The van der Waals surface area contributed by atoms with Crippen LogP contribution >= 0.6 is 0 Å². The molecular weight excluding hydrogens is 1290 g/mol. The zero-order valence-electron chi connectivity index (χ0n) is 59.9. The van der Waals surface area contributed by atoms with Crippen molar-refractivity contribution in [1.29, 1.82) is 0 Å². The Hall–Kier alpha value is -8.92. The SMILES string of the molecule is CC(C)(N)C(=O)N[C@H](COCc1ccccc1)C(=O)N1CCC2(CC1)CC(=O)c1ccccc12.CC(C)(N)C(=O)N[C@H](COCc1ccccc1)C(=O)N1CCC2(CCc3ccccc32)CC1.CC(C)(N)C(=O)N[C@H](Cc1c[nH]c2ccccc12)C(=O)N1CCC2(CCc3ccc(F)cc32)CC1. The predicted molar refractivity (Wildman–Crippen MR) is 392 cm³/mol. The molecule has 3 aliphatic carbocycles. The number of nitrogens with two attached hydrogens (primary N) is 3. The third kappa shape index (κ3) is 17.2. The first-order valence-electron chi connectivity index (χ1n) is 36.1. The number of piperidine rings is 3. The van der Waals surface area contributed by atoms with Gasteiger partial charge in [-0.1, -0.05) is 133 Å². The maximum absolute atomic E-state index is 14.0. The van der Waals surface area contributed by atoms with Gasteiger partial charge in [0, 0.05) is 80.2 Å². The van der Waals surface area contributed by atoms with E-state index in [4.69, 9.17) is 26.7 Å². The maximum Gasteiger partial charge on any atom is 0.247 e. The van der Waals surface area contributed by atoms with Crippen LogP contribution in [0.3, 0.4) is 0 Å². The molecular formula is C82H101FN10O9. The van der Waals surface area contributed by atoms with Crippen molar-refractivity contribution < 1.29 is 47.4 Å². The molecule has 540 valence electrons. The Kier molecular flexibility index (Phi) is 22.8. The molecule has 102 heavy (non-hydrogen) atoms.